The summed E-state index contributed by atoms with van der Waals surface area (Å²) < 4.78 is 22.8. The third-order valence-electron chi connectivity index (χ3n) is 14.4. The molecule has 2 saturated heterocycles. The van der Waals surface area contributed by atoms with E-state index in [0.717, 1.165) is 103 Å². The number of unbranched alkanes of at least 4 members (excludes halogenated alkanes) is 15. The van der Waals surface area contributed by atoms with Gasteiger partial charge in [-0.1, -0.05) is 225 Å². The van der Waals surface area contributed by atoms with Crippen molar-refractivity contribution in [3.05, 3.63) is 122 Å². The third kappa shape index (κ3) is 36.0. The summed E-state index contributed by atoms with van der Waals surface area (Å²) in [5.74, 6) is -0.254. The molecule has 0 aromatic heterocycles. The van der Waals surface area contributed by atoms with Crippen LogP contribution >= 0.6 is 0 Å². The van der Waals surface area contributed by atoms with Crippen LogP contribution < -0.4 is 5.32 Å². The maximum absolute atomic E-state index is 13.3. The minimum absolute atomic E-state index is 0.241. The van der Waals surface area contributed by atoms with Crippen molar-refractivity contribution in [3.63, 3.8) is 0 Å². The van der Waals surface area contributed by atoms with E-state index in [0.29, 0.717) is 12.8 Å². The highest BCUT2D eigenvalue weighted by Crippen LogP contribution is 2.30. The first kappa shape index (κ1) is 73.5. The van der Waals surface area contributed by atoms with E-state index >= 15 is 0 Å². The van der Waals surface area contributed by atoms with Crippen molar-refractivity contribution >= 4 is 5.91 Å². The van der Waals surface area contributed by atoms with Crippen molar-refractivity contribution < 1.29 is 64.6 Å². The van der Waals surface area contributed by atoms with Crippen LogP contribution in [0.5, 0.6) is 0 Å². The quantitative estimate of drug-likeness (QED) is 0.0204. The molecule has 1 amide bonds. The average molecular weight is 1140 g/mol. The first-order valence-electron chi connectivity index (χ1n) is 31.3. The fourth-order valence-corrected chi connectivity index (χ4v) is 9.44. The lowest BCUT2D eigenvalue weighted by molar-refractivity contribution is -0.359. The highest BCUT2D eigenvalue weighted by molar-refractivity contribution is 5.76. The van der Waals surface area contributed by atoms with Gasteiger partial charge in [0.15, 0.2) is 12.6 Å². The molecule has 2 aliphatic heterocycles. The standard InChI is InChI=1S/C67H111NO13/c1-3-5-7-9-11-13-15-17-19-20-21-22-23-24-25-26-27-28-29-30-31-32-33-34-35-36-37-39-41-43-45-47-49-51-59(72)68-55(56(71)50-48-46-44-42-40-38-18-16-14-12-10-8-6-4-2)54-78-66-64(77)62(75)65(58(53-70)80-66)81-67-63(76)61(74)60(73)57(52-69)79-67/h5,7,11,13,17,19,21-22,24-25,27-28,30-31,33-34,36-37,41,43,55-58,60-67,69-71,73-77H,3-4,6,8-10,12,14-16,18,20,23,26,29,32,35,38-40,42,44-54H2,1-2H3,(H,68,72)/b7-5-,13-11-,19-17-,22-21-,25-24-,28-27-,31-30-,34-33-,37-36-,43-41-. The maximum atomic E-state index is 13.3. The zero-order valence-electron chi connectivity index (χ0n) is 49.7. The topological polar surface area (TPSA) is 228 Å². The predicted octanol–water partition coefficient (Wildman–Crippen LogP) is 11.4. The van der Waals surface area contributed by atoms with E-state index in [1.807, 2.05) is 0 Å². The van der Waals surface area contributed by atoms with Gasteiger partial charge in [0, 0.05) is 6.42 Å². The predicted molar refractivity (Wildman–Crippen MR) is 327 cm³/mol. The lowest BCUT2D eigenvalue weighted by atomic mass is 9.97. The summed E-state index contributed by atoms with van der Waals surface area (Å²) in [6.07, 6.45) is 56.3. The Morgan fingerprint density at radius 3 is 1.28 bits per heavy atom. The number of aliphatic hydroxyl groups excluding tert-OH is 8. The van der Waals surface area contributed by atoms with Gasteiger partial charge in [0.1, 0.15) is 48.8 Å². The molecular weight excluding hydrogens is 1030 g/mol. The lowest BCUT2D eigenvalue weighted by Gasteiger charge is -2.46. The molecule has 2 rings (SSSR count). The fourth-order valence-electron chi connectivity index (χ4n) is 9.44. The molecule has 0 saturated carbocycles. The molecule has 0 aliphatic carbocycles. The van der Waals surface area contributed by atoms with Crippen LogP contribution in [0.2, 0.25) is 0 Å². The number of aliphatic hydroxyl groups is 8. The van der Waals surface area contributed by atoms with Gasteiger partial charge < -0.3 is 65.1 Å². The van der Waals surface area contributed by atoms with E-state index in [1.54, 1.807) is 0 Å². The second-order valence-corrected chi connectivity index (χ2v) is 21.5. The monoisotopic (exact) mass is 1140 g/mol. The van der Waals surface area contributed by atoms with Crippen LogP contribution in [-0.4, -0.2) is 140 Å². The number of hydrogen-bond acceptors (Lipinski definition) is 13. The molecule has 0 aromatic carbocycles. The number of amides is 1. The Kier molecular flexibility index (Phi) is 46.1. The Morgan fingerprint density at radius 2 is 0.852 bits per heavy atom. The highest BCUT2D eigenvalue weighted by atomic mass is 16.7. The second kappa shape index (κ2) is 50.9. The van der Waals surface area contributed by atoms with E-state index in [9.17, 15) is 45.6 Å². The van der Waals surface area contributed by atoms with Crippen LogP contribution in [0.4, 0.5) is 0 Å². The lowest BCUT2D eigenvalue weighted by Crippen LogP contribution is -2.65. The first-order chi connectivity index (χ1) is 39.6. The minimum atomic E-state index is -1.79. The van der Waals surface area contributed by atoms with Crippen LogP contribution in [0.1, 0.15) is 200 Å². The molecule has 2 heterocycles. The molecule has 2 aliphatic rings. The molecule has 0 spiro atoms. The summed E-state index contributed by atoms with van der Waals surface area (Å²) in [5.41, 5.74) is 0. The first-order valence-corrected chi connectivity index (χ1v) is 31.3. The highest BCUT2D eigenvalue weighted by Gasteiger charge is 2.51. The molecule has 14 nitrogen and oxygen atoms in total. The van der Waals surface area contributed by atoms with Gasteiger partial charge in [-0.2, -0.15) is 0 Å². The van der Waals surface area contributed by atoms with Gasteiger partial charge in [0.25, 0.3) is 0 Å². The summed E-state index contributed by atoms with van der Waals surface area (Å²) in [6.45, 7) is 2.70. The molecule has 2 fully saturated rings. The molecule has 14 heteroatoms. The molecule has 0 aromatic rings. The fraction of sp³-hybridized carbons (Fsp3) is 0.687. The van der Waals surface area contributed by atoms with Gasteiger partial charge >= 0.3 is 0 Å². The number of rotatable bonds is 48. The van der Waals surface area contributed by atoms with Gasteiger partial charge in [0.2, 0.25) is 5.91 Å². The Morgan fingerprint density at radius 1 is 0.457 bits per heavy atom. The third-order valence-corrected chi connectivity index (χ3v) is 14.4. The van der Waals surface area contributed by atoms with Gasteiger partial charge in [-0.3, -0.25) is 4.79 Å². The second-order valence-electron chi connectivity index (χ2n) is 21.5. The van der Waals surface area contributed by atoms with Crippen molar-refractivity contribution in [2.75, 3.05) is 19.8 Å². The van der Waals surface area contributed by atoms with Crippen molar-refractivity contribution in [1.29, 1.82) is 0 Å². The van der Waals surface area contributed by atoms with E-state index < -0.39 is 86.8 Å². The normalized spacial score (nSPS) is 25.0. The van der Waals surface area contributed by atoms with Gasteiger partial charge in [-0.05, 0) is 89.9 Å². The number of carbonyl (C=O) groups is 1. The molecular formula is C67H111NO13. The molecule has 462 valence electrons. The Labute approximate surface area is 488 Å². The van der Waals surface area contributed by atoms with E-state index in [1.165, 1.54) is 64.2 Å². The largest absolute Gasteiger partial charge is 0.394 e. The van der Waals surface area contributed by atoms with E-state index in [4.69, 9.17) is 18.9 Å². The van der Waals surface area contributed by atoms with Gasteiger partial charge in [-0.25, -0.2) is 0 Å². The molecule has 81 heavy (non-hydrogen) atoms. The van der Waals surface area contributed by atoms with E-state index in [-0.39, 0.29) is 18.9 Å². The molecule has 12 unspecified atom stereocenters. The number of carbonyl (C=O) groups excluding carboxylic acids is 1. The summed E-state index contributed by atoms with van der Waals surface area (Å²) in [7, 11) is 0. The number of ether oxygens (including phenoxy) is 4. The average Bonchev–Trinajstić information content (AvgIpc) is 3.47. The van der Waals surface area contributed by atoms with Gasteiger partial charge in [-0.15, -0.1) is 0 Å². The Hall–Kier alpha value is -3.61. The summed E-state index contributed by atoms with van der Waals surface area (Å²) in [6, 6.07) is -0.861. The van der Waals surface area contributed by atoms with Crippen molar-refractivity contribution in [2.24, 2.45) is 0 Å². The van der Waals surface area contributed by atoms with Crippen LogP contribution in [0.15, 0.2) is 122 Å². The minimum Gasteiger partial charge on any atom is -0.394 e. The van der Waals surface area contributed by atoms with Crippen LogP contribution in [0, 0.1) is 0 Å². The number of hydrogen-bond donors (Lipinski definition) is 9. The van der Waals surface area contributed by atoms with Crippen LogP contribution in [0.25, 0.3) is 0 Å². The van der Waals surface area contributed by atoms with Crippen molar-refractivity contribution in [2.45, 2.75) is 274 Å². The van der Waals surface area contributed by atoms with Crippen molar-refractivity contribution in [3.8, 4) is 0 Å². The Bertz CT molecular complexity index is 1820. The smallest absolute Gasteiger partial charge is 0.220 e. The van der Waals surface area contributed by atoms with Crippen LogP contribution in [0.3, 0.4) is 0 Å². The molecule has 0 radical (unpaired) electrons. The van der Waals surface area contributed by atoms with Gasteiger partial charge in [0.05, 0.1) is 32.0 Å². The SMILES string of the molecule is CC/C=C\C/C=C\C/C=C\C/C=C\C/C=C\C/C=C\C/C=C\C/C=C\C/C=C\C/C=C\CCCCC(=O)NC(COC1OC(CO)C(OC2OC(CO)C(O)C(O)C2O)C(O)C1O)C(O)CCCCCCCCCCCCCCCC. The zero-order chi connectivity index (χ0) is 58.8. The number of allylic oxidation sites excluding steroid dienone is 20. The number of nitrogens with one attached hydrogen (secondary N) is 1. The van der Waals surface area contributed by atoms with E-state index in [2.05, 4.69) is 141 Å². The molecule has 0 bridgehead atoms. The maximum Gasteiger partial charge on any atom is 0.220 e. The zero-order valence-corrected chi connectivity index (χ0v) is 49.7. The summed E-state index contributed by atoms with van der Waals surface area (Å²) in [5, 5.41) is 87.2. The summed E-state index contributed by atoms with van der Waals surface area (Å²) in [4.78, 5) is 13.3. The summed E-state index contributed by atoms with van der Waals surface area (Å²) >= 11 is 0. The van der Waals surface area contributed by atoms with Crippen molar-refractivity contribution in [1.82, 2.24) is 5.32 Å². The molecule has 12 atom stereocenters. The van der Waals surface area contributed by atoms with Crippen LogP contribution in [-0.2, 0) is 23.7 Å². The molecule has 9 N–H and O–H groups in total. The Balaban J connectivity index is 1.72.